The van der Waals surface area contributed by atoms with Crippen LogP contribution >= 0.6 is 0 Å². The van der Waals surface area contributed by atoms with Crippen molar-refractivity contribution in [2.75, 3.05) is 19.3 Å². The number of hydrogen-bond acceptors (Lipinski definition) is 3. The average Bonchev–Trinajstić information content (AvgIpc) is 2.79. The molecule has 1 aliphatic carbocycles. The van der Waals surface area contributed by atoms with Crippen LogP contribution in [0.5, 0.6) is 0 Å². The predicted molar refractivity (Wildman–Crippen MR) is 71.1 cm³/mol. The van der Waals surface area contributed by atoms with Crippen LogP contribution in [-0.2, 0) is 0 Å². The minimum atomic E-state index is -1.12. The number of nitrogen functional groups attached to an aromatic ring is 1. The lowest BCUT2D eigenvalue weighted by atomic mass is 10.0. The van der Waals surface area contributed by atoms with Crippen molar-refractivity contribution in [2.24, 2.45) is 0 Å². The number of aliphatic hydroxyl groups is 1. The van der Waals surface area contributed by atoms with Crippen LogP contribution < -0.4 is 5.73 Å². The van der Waals surface area contributed by atoms with E-state index >= 15 is 0 Å². The summed E-state index contributed by atoms with van der Waals surface area (Å²) in [6, 6.07) is 1.59. The normalized spacial score (nSPS) is 17.2. The molecule has 1 fully saturated rings. The van der Waals surface area contributed by atoms with E-state index in [2.05, 4.69) is 0 Å². The lowest BCUT2D eigenvalue weighted by Crippen LogP contribution is -2.42. The molecular formula is C14H18F2N2O2. The van der Waals surface area contributed by atoms with Crippen molar-refractivity contribution in [1.29, 1.82) is 0 Å². The fourth-order valence-corrected chi connectivity index (χ4v) is 2.66. The Morgan fingerprint density at radius 1 is 1.35 bits per heavy atom. The van der Waals surface area contributed by atoms with Crippen LogP contribution in [0.2, 0.25) is 0 Å². The van der Waals surface area contributed by atoms with Crippen molar-refractivity contribution in [3.8, 4) is 0 Å². The molecule has 3 N–H and O–H groups in total. The van der Waals surface area contributed by atoms with Gasteiger partial charge in [-0.1, -0.05) is 12.8 Å². The highest BCUT2D eigenvalue weighted by molar-refractivity contribution is 5.99. The highest BCUT2D eigenvalue weighted by Crippen LogP contribution is 2.30. The minimum Gasteiger partial charge on any atom is -0.398 e. The molecule has 0 unspecified atom stereocenters. The largest absolute Gasteiger partial charge is 0.398 e. The third-order valence-electron chi connectivity index (χ3n) is 3.74. The Morgan fingerprint density at radius 2 is 1.90 bits per heavy atom. The molecule has 0 radical (unpaired) electrons. The van der Waals surface area contributed by atoms with Gasteiger partial charge in [-0.25, -0.2) is 8.78 Å². The van der Waals surface area contributed by atoms with Gasteiger partial charge in [-0.05, 0) is 18.9 Å². The number of likely N-dealkylation sites (N-methyl/N-ethyl adjacent to an activating group) is 1. The molecule has 0 atom stereocenters. The van der Waals surface area contributed by atoms with Crippen molar-refractivity contribution >= 4 is 11.6 Å². The van der Waals surface area contributed by atoms with E-state index in [0.29, 0.717) is 12.8 Å². The van der Waals surface area contributed by atoms with Crippen LogP contribution in [0.1, 0.15) is 36.0 Å². The third kappa shape index (κ3) is 2.90. The average molecular weight is 284 g/mol. The quantitative estimate of drug-likeness (QED) is 0.833. The second-order valence-corrected chi connectivity index (χ2v) is 5.45. The number of carbonyl (C=O) groups is 1. The van der Waals surface area contributed by atoms with Crippen LogP contribution in [0, 0.1) is 11.6 Å². The molecule has 110 valence electrons. The van der Waals surface area contributed by atoms with E-state index in [-0.39, 0.29) is 17.8 Å². The molecule has 0 heterocycles. The summed E-state index contributed by atoms with van der Waals surface area (Å²) < 4.78 is 26.2. The maximum atomic E-state index is 13.2. The lowest BCUT2D eigenvalue weighted by Gasteiger charge is -2.29. The first-order chi connectivity index (χ1) is 9.32. The number of anilines is 1. The summed E-state index contributed by atoms with van der Waals surface area (Å²) in [6.45, 7) is 0.157. The Morgan fingerprint density at radius 3 is 2.50 bits per heavy atom. The molecule has 6 heteroatoms. The highest BCUT2D eigenvalue weighted by atomic mass is 19.2. The van der Waals surface area contributed by atoms with Crippen LogP contribution in [0.4, 0.5) is 14.5 Å². The number of halogens is 2. The Kier molecular flexibility index (Phi) is 3.94. The second-order valence-electron chi connectivity index (χ2n) is 5.45. The zero-order valence-corrected chi connectivity index (χ0v) is 11.3. The number of benzene rings is 1. The van der Waals surface area contributed by atoms with E-state index in [0.717, 1.165) is 25.0 Å². The van der Waals surface area contributed by atoms with E-state index in [1.165, 1.54) is 11.9 Å². The zero-order valence-electron chi connectivity index (χ0n) is 11.3. The summed E-state index contributed by atoms with van der Waals surface area (Å²) >= 11 is 0. The van der Waals surface area contributed by atoms with Gasteiger partial charge in [0.2, 0.25) is 0 Å². The third-order valence-corrected chi connectivity index (χ3v) is 3.74. The summed E-state index contributed by atoms with van der Waals surface area (Å²) in [5.41, 5.74) is 4.46. The van der Waals surface area contributed by atoms with E-state index in [9.17, 15) is 18.7 Å². The number of amides is 1. The SMILES string of the molecule is CN(CC1(O)CCCC1)C(=O)c1cc(F)c(F)cc1N. The molecule has 1 aromatic carbocycles. The van der Waals surface area contributed by atoms with Gasteiger partial charge >= 0.3 is 0 Å². The summed E-state index contributed by atoms with van der Waals surface area (Å²) in [5.74, 6) is -2.73. The number of rotatable bonds is 3. The van der Waals surface area contributed by atoms with E-state index in [1.807, 2.05) is 0 Å². The van der Waals surface area contributed by atoms with Crippen molar-refractivity contribution in [1.82, 2.24) is 4.90 Å². The molecule has 0 aromatic heterocycles. The fourth-order valence-electron chi connectivity index (χ4n) is 2.66. The Labute approximate surface area is 116 Å². The predicted octanol–water partition coefficient (Wildman–Crippen LogP) is 1.92. The number of nitrogens with two attached hydrogens (primary N) is 1. The van der Waals surface area contributed by atoms with Gasteiger partial charge in [-0.3, -0.25) is 4.79 Å². The van der Waals surface area contributed by atoms with Gasteiger partial charge in [0.1, 0.15) is 0 Å². The molecule has 4 nitrogen and oxygen atoms in total. The molecule has 1 aromatic rings. The molecule has 0 aliphatic heterocycles. The summed E-state index contributed by atoms with van der Waals surface area (Å²) in [4.78, 5) is 13.5. The standard InChI is InChI=1S/C14H18F2N2O2/c1-18(8-14(20)4-2-3-5-14)13(19)9-6-10(15)11(16)7-12(9)17/h6-7,20H,2-5,8,17H2,1H3. The Hall–Kier alpha value is -1.69. The highest BCUT2D eigenvalue weighted by Gasteiger charge is 2.34. The first-order valence-corrected chi connectivity index (χ1v) is 6.55. The smallest absolute Gasteiger partial charge is 0.255 e. The maximum Gasteiger partial charge on any atom is 0.255 e. The van der Waals surface area contributed by atoms with E-state index in [1.54, 1.807) is 0 Å². The summed E-state index contributed by atoms with van der Waals surface area (Å²) in [6.07, 6.45) is 3.12. The van der Waals surface area contributed by atoms with Crippen LogP contribution in [0.15, 0.2) is 12.1 Å². The van der Waals surface area contributed by atoms with Crippen LogP contribution in [0.25, 0.3) is 0 Å². The first-order valence-electron chi connectivity index (χ1n) is 6.55. The second kappa shape index (κ2) is 5.36. The van der Waals surface area contributed by atoms with E-state index < -0.39 is 23.1 Å². The molecule has 0 saturated heterocycles. The van der Waals surface area contributed by atoms with Gasteiger partial charge < -0.3 is 15.7 Å². The van der Waals surface area contributed by atoms with Gasteiger partial charge in [-0.2, -0.15) is 0 Å². The molecule has 1 amide bonds. The number of carbonyl (C=O) groups excluding carboxylic acids is 1. The van der Waals surface area contributed by atoms with Crippen molar-refractivity contribution in [3.63, 3.8) is 0 Å². The molecule has 2 rings (SSSR count). The molecule has 20 heavy (non-hydrogen) atoms. The van der Waals surface area contributed by atoms with Crippen LogP contribution in [0.3, 0.4) is 0 Å². The van der Waals surface area contributed by atoms with Gasteiger partial charge in [0.25, 0.3) is 5.91 Å². The zero-order chi connectivity index (χ0) is 14.9. The van der Waals surface area contributed by atoms with E-state index in [4.69, 9.17) is 5.73 Å². The van der Waals surface area contributed by atoms with Gasteiger partial charge in [0, 0.05) is 25.3 Å². The van der Waals surface area contributed by atoms with Crippen molar-refractivity contribution in [3.05, 3.63) is 29.3 Å². The van der Waals surface area contributed by atoms with Crippen molar-refractivity contribution < 1.29 is 18.7 Å². The van der Waals surface area contributed by atoms with Gasteiger partial charge in [0.05, 0.1) is 11.2 Å². The topological polar surface area (TPSA) is 66.6 Å². The van der Waals surface area contributed by atoms with Crippen molar-refractivity contribution in [2.45, 2.75) is 31.3 Å². The van der Waals surface area contributed by atoms with Gasteiger partial charge in [0.15, 0.2) is 11.6 Å². The molecular weight excluding hydrogens is 266 g/mol. The monoisotopic (exact) mass is 284 g/mol. The first kappa shape index (κ1) is 14.7. The maximum absolute atomic E-state index is 13.2. The molecule has 1 saturated carbocycles. The van der Waals surface area contributed by atoms with Gasteiger partial charge in [-0.15, -0.1) is 0 Å². The minimum absolute atomic E-state index is 0.0898. The number of nitrogens with zero attached hydrogens (tertiary/aromatic N) is 1. The lowest BCUT2D eigenvalue weighted by molar-refractivity contribution is 0.0157. The Bertz CT molecular complexity index is 528. The molecule has 0 spiro atoms. The fraction of sp³-hybridized carbons (Fsp3) is 0.500. The molecule has 0 bridgehead atoms. The summed E-state index contributed by atoms with van der Waals surface area (Å²) in [5, 5.41) is 10.3. The summed E-state index contributed by atoms with van der Waals surface area (Å²) in [7, 11) is 1.51. The number of hydrogen-bond donors (Lipinski definition) is 2. The molecule has 1 aliphatic rings. The Balaban J connectivity index is 2.16. The van der Waals surface area contributed by atoms with Crippen LogP contribution in [-0.4, -0.2) is 35.1 Å².